The van der Waals surface area contributed by atoms with Gasteiger partial charge in [0.2, 0.25) is 0 Å². The SMILES string of the molecule is CCc1nc2ccccc2n1CCC(CO)NC1CC1. The lowest BCUT2D eigenvalue weighted by Gasteiger charge is -2.17. The van der Waals surface area contributed by atoms with E-state index in [1.165, 1.54) is 18.4 Å². The molecule has 2 aromatic rings. The van der Waals surface area contributed by atoms with Crippen molar-refractivity contribution in [1.82, 2.24) is 14.9 Å². The fourth-order valence-corrected chi connectivity index (χ4v) is 2.74. The molecule has 1 fully saturated rings. The summed E-state index contributed by atoms with van der Waals surface area (Å²) in [7, 11) is 0. The molecule has 20 heavy (non-hydrogen) atoms. The van der Waals surface area contributed by atoms with Gasteiger partial charge in [-0.1, -0.05) is 19.1 Å². The largest absolute Gasteiger partial charge is 0.395 e. The summed E-state index contributed by atoms with van der Waals surface area (Å²) in [6.45, 7) is 3.27. The number of nitrogens with one attached hydrogen (secondary N) is 1. The van der Waals surface area contributed by atoms with Crippen molar-refractivity contribution in [3.8, 4) is 0 Å². The summed E-state index contributed by atoms with van der Waals surface area (Å²) in [5.74, 6) is 1.13. The Bertz CT molecular complexity index is 574. The van der Waals surface area contributed by atoms with Crippen LogP contribution in [0.4, 0.5) is 0 Å². The zero-order valence-electron chi connectivity index (χ0n) is 12.0. The summed E-state index contributed by atoms with van der Waals surface area (Å²) in [4.78, 5) is 4.69. The fourth-order valence-electron chi connectivity index (χ4n) is 2.74. The van der Waals surface area contributed by atoms with Crippen LogP contribution in [0.1, 0.15) is 32.0 Å². The van der Waals surface area contributed by atoms with Gasteiger partial charge in [0.15, 0.2) is 0 Å². The summed E-state index contributed by atoms with van der Waals surface area (Å²) in [6.07, 6.45) is 4.39. The van der Waals surface area contributed by atoms with Crippen LogP contribution in [0, 0.1) is 0 Å². The van der Waals surface area contributed by atoms with Crippen LogP contribution in [0.2, 0.25) is 0 Å². The highest BCUT2D eigenvalue weighted by atomic mass is 16.3. The van der Waals surface area contributed by atoms with E-state index in [-0.39, 0.29) is 12.6 Å². The lowest BCUT2D eigenvalue weighted by Crippen LogP contribution is -2.35. The first-order chi connectivity index (χ1) is 9.81. The Morgan fingerprint density at radius 2 is 2.20 bits per heavy atom. The molecule has 0 saturated heterocycles. The summed E-state index contributed by atoms with van der Waals surface area (Å²) in [6, 6.07) is 9.13. The molecule has 1 atom stereocenters. The Hall–Kier alpha value is -1.39. The van der Waals surface area contributed by atoms with Crippen molar-refractivity contribution < 1.29 is 5.11 Å². The van der Waals surface area contributed by atoms with Crippen LogP contribution in [0.5, 0.6) is 0 Å². The van der Waals surface area contributed by atoms with E-state index in [1.54, 1.807) is 0 Å². The zero-order valence-corrected chi connectivity index (χ0v) is 12.0. The molecule has 3 rings (SSSR count). The highest BCUT2D eigenvalue weighted by molar-refractivity contribution is 5.75. The Kier molecular flexibility index (Phi) is 4.03. The first kappa shape index (κ1) is 13.6. The van der Waals surface area contributed by atoms with Crippen LogP contribution in [0.15, 0.2) is 24.3 Å². The van der Waals surface area contributed by atoms with Gasteiger partial charge in [-0.2, -0.15) is 0 Å². The zero-order chi connectivity index (χ0) is 13.9. The second-order valence-corrected chi connectivity index (χ2v) is 5.63. The standard InChI is InChI=1S/C16H23N3O/c1-2-16-18-14-5-3-4-6-15(14)19(16)10-9-13(11-20)17-12-7-8-12/h3-6,12-13,17,20H,2,7-11H2,1H3. The molecular formula is C16H23N3O. The number of aliphatic hydroxyl groups excluding tert-OH is 1. The minimum Gasteiger partial charge on any atom is -0.395 e. The van der Waals surface area contributed by atoms with Crippen LogP contribution in [-0.2, 0) is 13.0 Å². The highest BCUT2D eigenvalue weighted by Crippen LogP contribution is 2.21. The van der Waals surface area contributed by atoms with Crippen molar-refractivity contribution in [3.63, 3.8) is 0 Å². The predicted octanol–water partition coefficient (Wildman–Crippen LogP) is 2.10. The van der Waals surface area contributed by atoms with Gasteiger partial charge in [-0.3, -0.25) is 0 Å². The average molecular weight is 273 g/mol. The molecule has 0 radical (unpaired) electrons. The molecular weight excluding hydrogens is 250 g/mol. The Morgan fingerprint density at radius 3 is 2.90 bits per heavy atom. The maximum atomic E-state index is 9.48. The first-order valence-corrected chi connectivity index (χ1v) is 7.63. The van der Waals surface area contributed by atoms with Crippen molar-refractivity contribution in [2.45, 2.75) is 51.2 Å². The van der Waals surface area contributed by atoms with Crippen molar-refractivity contribution in [1.29, 1.82) is 0 Å². The molecule has 1 aromatic carbocycles. The van der Waals surface area contributed by atoms with E-state index in [4.69, 9.17) is 0 Å². The maximum absolute atomic E-state index is 9.48. The number of para-hydroxylation sites is 2. The summed E-state index contributed by atoms with van der Waals surface area (Å²) in [5.41, 5.74) is 2.27. The first-order valence-electron chi connectivity index (χ1n) is 7.63. The van der Waals surface area contributed by atoms with E-state index >= 15 is 0 Å². The second-order valence-electron chi connectivity index (χ2n) is 5.63. The molecule has 4 nitrogen and oxygen atoms in total. The summed E-state index contributed by atoms with van der Waals surface area (Å²) >= 11 is 0. The number of fused-ring (bicyclic) bond motifs is 1. The molecule has 0 spiro atoms. The molecule has 0 aliphatic heterocycles. The van der Waals surface area contributed by atoms with E-state index in [2.05, 4.69) is 40.0 Å². The third-order valence-corrected chi connectivity index (χ3v) is 4.02. The van der Waals surface area contributed by atoms with Gasteiger partial charge in [0.05, 0.1) is 17.6 Å². The number of imidazole rings is 1. The molecule has 1 heterocycles. The van der Waals surface area contributed by atoms with Gasteiger partial charge in [-0.15, -0.1) is 0 Å². The van der Waals surface area contributed by atoms with Crippen molar-refractivity contribution in [3.05, 3.63) is 30.1 Å². The van der Waals surface area contributed by atoms with E-state index in [0.717, 1.165) is 30.7 Å². The van der Waals surface area contributed by atoms with Crippen LogP contribution in [-0.4, -0.2) is 33.3 Å². The van der Waals surface area contributed by atoms with E-state index < -0.39 is 0 Å². The Morgan fingerprint density at radius 1 is 1.40 bits per heavy atom. The predicted molar refractivity (Wildman–Crippen MR) is 80.8 cm³/mol. The highest BCUT2D eigenvalue weighted by Gasteiger charge is 2.24. The van der Waals surface area contributed by atoms with Gasteiger partial charge in [-0.05, 0) is 31.4 Å². The maximum Gasteiger partial charge on any atom is 0.109 e. The van der Waals surface area contributed by atoms with Crippen molar-refractivity contribution in [2.24, 2.45) is 0 Å². The minimum atomic E-state index is 0.202. The average Bonchev–Trinajstić information content (AvgIpc) is 3.23. The molecule has 1 unspecified atom stereocenters. The van der Waals surface area contributed by atoms with Gasteiger partial charge in [0.25, 0.3) is 0 Å². The molecule has 108 valence electrons. The smallest absolute Gasteiger partial charge is 0.109 e. The molecule has 2 N–H and O–H groups in total. The second kappa shape index (κ2) is 5.94. The Labute approximate surface area is 119 Å². The van der Waals surface area contributed by atoms with Crippen molar-refractivity contribution in [2.75, 3.05) is 6.61 Å². The van der Waals surface area contributed by atoms with Gasteiger partial charge in [0.1, 0.15) is 5.82 Å². The topological polar surface area (TPSA) is 50.1 Å². The van der Waals surface area contributed by atoms with Crippen molar-refractivity contribution >= 4 is 11.0 Å². The molecule has 1 aromatic heterocycles. The van der Waals surface area contributed by atoms with E-state index in [0.29, 0.717) is 6.04 Å². The Balaban J connectivity index is 1.74. The molecule has 1 saturated carbocycles. The third kappa shape index (κ3) is 2.86. The number of benzene rings is 1. The normalized spacial score (nSPS) is 16.7. The molecule has 0 bridgehead atoms. The van der Waals surface area contributed by atoms with E-state index in [9.17, 15) is 5.11 Å². The molecule has 1 aliphatic rings. The number of aryl methyl sites for hydroxylation is 2. The summed E-state index contributed by atoms with van der Waals surface area (Å²) in [5, 5.41) is 13.0. The monoisotopic (exact) mass is 273 g/mol. The number of hydrogen-bond acceptors (Lipinski definition) is 3. The number of hydrogen-bond donors (Lipinski definition) is 2. The van der Waals surface area contributed by atoms with Crippen LogP contribution in [0.25, 0.3) is 11.0 Å². The van der Waals surface area contributed by atoms with Gasteiger partial charge >= 0.3 is 0 Å². The molecule has 4 heteroatoms. The quantitative estimate of drug-likeness (QED) is 0.812. The number of nitrogens with zero attached hydrogens (tertiary/aromatic N) is 2. The number of aromatic nitrogens is 2. The third-order valence-electron chi connectivity index (χ3n) is 4.02. The van der Waals surface area contributed by atoms with Gasteiger partial charge in [-0.25, -0.2) is 4.98 Å². The lowest BCUT2D eigenvalue weighted by molar-refractivity contribution is 0.230. The molecule has 0 amide bonds. The number of rotatable bonds is 7. The minimum absolute atomic E-state index is 0.202. The molecule has 1 aliphatic carbocycles. The fraction of sp³-hybridized carbons (Fsp3) is 0.562. The number of aliphatic hydroxyl groups is 1. The van der Waals surface area contributed by atoms with Crippen LogP contribution >= 0.6 is 0 Å². The summed E-state index contributed by atoms with van der Waals surface area (Å²) < 4.78 is 2.30. The van der Waals surface area contributed by atoms with Crippen LogP contribution in [0.3, 0.4) is 0 Å². The van der Waals surface area contributed by atoms with E-state index in [1.807, 2.05) is 6.07 Å². The van der Waals surface area contributed by atoms with Crippen LogP contribution < -0.4 is 5.32 Å². The lowest BCUT2D eigenvalue weighted by atomic mass is 10.2. The van der Waals surface area contributed by atoms with Gasteiger partial charge < -0.3 is 15.0 Å². The van der Waals surface area contributed by atoms with Gasteiger partial charge in [0, 0.05) is 25.0 Å².